The molecule has 0 N–H and O–H groups in total. The smallest absolute Gasteiger partial charge is 0.119 e. The molecule has 0 fully saturated rings. The Kier molecular flexibility index (Phi) is 7.54. The molecule has 0 heterocycles. The Bertz CT molecular complexity index is 613. The van der Waals surface area contributed by atoms with Crippen LogP contribution in [0.4, 0.5) is 0 Å². The van der Waals surface area contributed by atoms with Crippen LogP contribution in [0, 0.1) is 0 Å². The van der Waals surface area contributed by atoms with Crippen molar-refractivity contribution < 1.29 is 4.74 Å². The molecule has 0 amide bonds. The summed E-state index contributed by atoms with van der Waals surface area (Å²) in [5, 5.41) is 0. The topological polar surface area (TPSA) is 21.6 Å². The van der Waals surface area contributed by atoms with E-state index in [-0.39, 0.29) is 0 Å². The van der Waals surface area contributed by atoms with Crippen molar-refractivity contribution in [3.63, 3.8) is 0 Å². The molecular weight excluding hydrogens is 294 g/mol. The molecule has 0 aromatic heterocycles. The molecule has 0 bridgehead atoms. The van der Waals surface area contributed by atoms with Crippen LogP contribution in [0.25, 0.3) is 0 Å². The van der Waals surface area contributed by atoms with Gasteiger partial charge < -0.3 is 4.74 Å². The van der Waals surface area contributed by atoms with Crippen LogP contribution >= 0.6 is 0 Å². The van der Waals surface area contributed by atoms with E-state index in [0.29, 0.717) is 12.5 Å². The number of hydrogen-bond acceptors (Lipinski definition) is 2. The Balaban J connectivity index is 1.84. The van der Waals surface area contributed by atoms with E-state index in [2.05, 4.69) is 62.2 Å². The Morgan fingerprint density at radius 3 is 2.33 bits per heavy atom. The fourth-order valence-electron chi connectivity index (χ4n) is 2.41. The van der Waals surface area contributed by atoms with E-state index in [9.17, 15) is 0 Å². The lowest BCUT2D eigenvalue weighted by Crippen LogP contribution is -1.97. The third-order valence-corrected chi connectivity index (χ3v) is 4.33. The normalized spacial score (nSPS) is 12.5. The minimum Gasteiger partial charge on any atom is -0.489 e. The SMILES string of the molecule is CCCC/N=C/c1ccc(OCc2ccc(C(C)CC)cc2)cc1. The molecule has 128 valence electrons. The molecule has 0 radical (unpaired) electrons. The zero-order valence-electron chi connectivity index (χ0n) is 15.2. The van der Waals surface area contributed by atoms with E-state index in [4.69, 9.17) is 4.74 Å². The predicted molar refractivity (Wildman–Crippen MR) is 103 cm³/mol. The highest BCUT2D eigenvalue weighted by atomic mass is 16.5. The lowest BCUT2D eigenvalue weighted by atomic mass is 9.98. The second kappa shape index (κ2) is 9.92. The fourth-order valence-corrected chi connectivity index (χ4v) is 2.41. The van der Waals surface area contributed by atoms with Crippen LogP contribution in [0.15, 0.2) is 53.5 Å². The van der Waals surface area contributed by atoms with Crippen LogP contribution in [0.2, 0.25) is 0 Å². The number of hydrogen-bond donors (Lipinski definition) is 0. The summed E-state index contributed by atoms with van der Waals surface area (Å²) in [7, 11) is 0. The first kappa shape index (κ1) is 18.3. The number of rotatable bonds is 9. The highest BCUT2D eigenvalue weighted by Crippen LogP contribution is 2.19. The van der Waals surface area contributed by atoms with Crippen LogP contribution in [-0.4, -0.2) is 12.8 Å². The first-order valence-corrected chi connectivity index (χ1v) is 9.04. The Labute approximate surface area is 146 Å². The summed E-state index contributed by atoms with van der Waals surface area (Å²) in [6.07, 6.45) is 5.44. The Morgan fingerprint density at radius 1 is 1.00 bits per heavy atom. The maximum Gasteiger partial charge on any atom is 0.119 e. The van der Waals surface area contributed by atoms with Gasteiger partial charge in [0.25, 0.3) is 0 Å². The van der Waals surface area contributed by atoms with Crippen molar-refractivity contribution >= 4 is 6.21 Å². The number of unbranched alkanes of at least 4 members (excludes halogenated alkanes) is 1. The molecule has 0 aliphatic carbocycles. The van der Waals surface area contributed by atoms with E-state index >= 15 is 0 Å². The summed E-state index contributed by atoms with van der Waals surface area (Å²) < 4.78 is 5.87. The zero-order valence-corrected chi connectivity index (χ0v) is 15.2. The van der Waals surface area contributed by atoms with E-state index < -0.39 is 0 Å². The third kappa shape index (κ3) is 5.84. The van der Waals surface area contributed by atoms with Gasteiger partial charge in [-0.05, 0) is 59.7 Å². The van der Waals surface area contributed by atoms with Crippen molar-refractivity contribution in [3.8, 4) is 5.75 Å². The number of nitrogens with zero attached hydrogens (tertiary/aromatic N) is 1. The summed E-state index contributed by atoms with van der Waals surface area (Å²) in [6.45, 7) is 8.17. The van der Waals surface area contributed by atoms with Gasteiger partial charge in [-0.2, -0.15) is 0 Å². The van der Waals surface area contributed by atoms with E-state index in [1.165, 1.54) is 24.0 Å². The van der Waals surface area contributed by atoms with Gasteiger partial charge in [-0.25, -0.2) is 0 Å². The van der Waals surface area contributed by atoms with Crippen LogP contribution in [-0.2, 0) is 6.61 Å². The fraction of sp³-hybridized carbons (Fsp3) is 0.409. The number of benzene rings is 2. The summed E-state index contributed by atoms with van der Waals surface area (Å²) in [6, 6.07) is 16.9. The second-order valence-corrected chi connectivity index (χ2v) is 6.30. The lowest BCUT2D eigenvalue weighted by Gasteiger charge is -2.10. The molecule has 0 spiro atoms. The average Bonchev–Trinajstić information content (AvgIpc) is 2.64. The first-order chi connectivity index (χ1) is 11.7. The molecular formula is C22H29NO. The van der Waals surface area contributed by atoms with Crippen molar-refractivity contribution in [1.29, 1.82) is 0 Å². The quantitative estimate of drug-likeness (QED) is 0.410. The number of ether oxygens (including phenoxy) is 1. The molecule has 0 saturated heterocycles. The predicted octanol–water partition coefficient (Wildman–Crippen LogP) is 6.00. The molecule has 2 heteroatoms. The summed E-state index contributed by atoms with van der Waals surface area (Å²) in [4.78, 5) is 4.42. The minimum atomic E-state index is 0.602. The van der Waals surface area contributed by atoms with Crippen molar-refractivity contribution in [2.45, 2.75) is 52.6 Å². The van der Waals surface area contributed by atoms with Crippen molar-refractivity contribution in [1.82, 2.24) is 0 Å². The van der Waals surface area contributed by atoms with Gasteiger partial charge in [0.15, 0.2) is 0 Å². The maximum atomic E-state index is 5.87. The van der Waals surface area contributed by atoms with Gasteiger partial charge >= 0.3 is 0 Å². The largest absolute Gasteiger partial charge is 0.489 e. The highest BCUT2D eigenvalue weighted by molar-refractivity contribution is 5.79. The number of aliphatic imine (C=N–C) groups is 1. The van der Waals surface area contributed by atoms with Gasteiger partial charge in [0.1, 0.15) is 12.4 Å². The molecule has 0 saturated carbocycles. The van der Waals surface area contributed by atoms with Gasteiger partial charge in [-0.1, -0.05) is 51.5 Å². The van der Waals surface area contributed by atoms with Crippen LogP contribution in [0.1, 0.15) is 62.6 Å². The van der Waals surface area contributed by atoms with Crippen LogP contribution in [0.5, 0.6) is 5.75 Å². The minimum absolute atomic E-state index is 0.602. The van der Waals surface area contributed by atoms with Crippen molar-refractivity contribution in [3.05, 3.63) is 65.2 Å². The van der Waals surface area contributed by atoms with Crippen LogP contribution in [0.3, 0.4) is 0 Å². The maximum absolute atomic E-state index is 5.87. The first-order valence-electron chi connectivity index (χ1n) is 9.04. The molecule has 24 heavy (non-hydrogen) atoms. The van der Waals surface area contributed by atoms with Crippen LogP contribution < -0.4 is 4.74 Å². The molecule has 0 aliphatic rings. The molecule has 2 rings (SSSR count). The van der Waals surface area contributed by atoms with Gasteiger partial charge in [-0.15, -0.1) is 0 Å². The molecule has 0 aliphatic heterocycles. The van der Waals surface area contributed by atoms with Crippen molar-refractivity contribution in [2.24, 2.45) is 4.99 Å². The molecule has 1 unspecified atom stereocenters. The Morgan fingerprint density at radius 2 is 1.71 bits per heavy atom. The average molecular weight is 323 g/mol. The van der Waals surface area contributed by atoms with Gasteiger partial charge in [-0.3, -0.25) is 4.99 Å². The van der Waals surface area contributed by atoms with E-state index in [1.807, 2.05) is 18.3 Å². The Hall–Kier alpha value is -2.09. The van der Waals surface area contributed by atoms with E-state index in [0.717, 1.165) is 24.3 Å². The molecule has 2 aromatic rings. The standard InChI is InChI=1S/C22H29NO/c1-4-6-15-23-16-19-9-13-22(14-10-19)24-17-20-7-11-21(12-8-20)18(3)5-2/h7-14,16,18H,4-6,15,17H2,1-3H3/b23-16+. The second-order valence-electron chi connectivity index (χ2n) is 6.30. The molecule has 2 aromatic carbocycles. The van der Waals surface area contributed by atoms with Gasteiger partial charge in [0.05, 0.1) is 0 Å². The summed E-state index contributed by atoms with van der Waals surface area (Å²) >= 11 is 0. The highest BCUT2D eigenvalue weighted by Gasteiger charge is 2.03. The molecule has 2 nitrogen and oxygen atoms in total. The monoisotopic (exact) mass is 323 g/mol. The van der Waals surface area contributed by atoms with Gasteiger partial charge in [0.2, 0.25) is 0 Å². The summed E-state index contributed by atoms with van der Waals surface area (Å²) in [5.74, 6) is 1.51. The van der Waals surface area contributed by atoms with Crippen molar-refractivity contribution in [2.75, 3.05) is 6.54 Å². The third-order valence-electron chi connectivity index (χ3n) is 4.33. The summed E-state index contributed by atoms with van der Waals surface area (Å²) in [5.41, 5.74) is 3.72. The zero-order chi connectivity index (χ0) is 17.2. The van der Waals surface area contributed by atoms with E-state index in [1.54, 1.807) is 0 Å². The lowest BCUT2D eigenvalue weighted by molar-refractivity contribution is 0.306. The molecule has 1 atom stereocenters. The van der Waals surface area contributed by atoms with Gasteiger partial charge in [0, 0.05) is 12.8 Å².